The molecule has 2 nitrogen and oxygen atoms in total. The Balaban J connectivity index is 1.98. The predicted molar refractivity (Wildman–Crippen MR) is 71.0 cm³/mol. The van der Waals surface area contributed by atoms with E-state index in [4.69, 9.17) is 4.74 Å². The third-order valence-electron chi connectivity index (χ3n) is 3.79. The number of allylic oxidation sites excluding steroid dienone is 1. The van der Waals surface area contributed by atoms with Crippen LogP contribution in [0.15, 0.2) is 35.9 Å². The molecule has 0 saturated carbocycles. The quantitative estimate of drug-likeness (QED) is 0.689. The summed E-state index contributed by atoms with van der Waals surface area (Å²) < 4.78 is 6.01. The number of rotatable bonds is 0. The molecule has 2 aliphatic rings. The highest BCUT2D eigenvalue weighted by atomic mass is 16.5. The first-order valence-corrected chi connectivity index (χ1v) is 6.87. The zero-order chi connectivity index (χ0) is 12.4. The lowest BCUT2D eigenvalue weighted by Crippen LogP contribution is -2.30. The molecule has 0 N–H and O–H groups in total. The van der Waals surface area contributed by atoms with Crippen LogP contribution in [0.1, 0.15) is 48.9 Å². The lowest BCUT2D eigenvalue weighted by Gasteiger charge is -2.27. The summed E-state index contributed by atoms with van der Waals surface area (Å²) in [6.07, 6.45) is 8.89. The minimum Gasteiger partial charge on any atom is -0.485 e. The Bertz CT molecular complexity index is 488. The van der Waals surface area contributed by atoms with Gasteiger partial charge in [0.25, 0.3) is 0 Å². The SMILES string of the molecule is O=C1/C2=C/CCCCCCC2Oc2ccccc21. The normalized spacial score (nSPS) is 26.6. The average Bonchev–Trinajstić information content (AvgIpc) is 2.51. The standard InChI is InChI=1S/C16H18O2/c17-16-12-8-4-2-1-3-5-10-14(12)18-15-11-7-6-9-13(15)16/h6-9,11,14H,1-5,10H2/b12-8+. The molecule has 1 unspecified atom stereocenters. The Morgan fingerprint density at radius 1 is 1.06 bits per heavy atom. The van der Waals surface area contributed by atoms with Crippen LogP contribution < -0.4 is 4.74 Å². The highest BCUT2D eigenvalue weighted by molar-refractivity contribution is 6.12. The van der Waals surface area contributed by atoms with E-state index in [0.717, 1.165) is 36.1 Å². The zero-order valence-electron chi connectivity index (χ0n) is 10.5. The van der Waals surface area contributed by atoms with E-state index < -0.39 is 0 Å². The number of hydrogen-bond donors (Lipinski definition) is 0. The van der Waals surface area contributed by atoms with Gasteiger partial charge in [-0.25, -0.2) is 0 Å². The highest BCUT2D eigenvalue weighted by Gasteiger charge is 2.31. The molecule has 2 heteroatoms. The minimum atomic E-state index is -0.0227. The van der Waals surface area contributed by atoms with Crippen molar-refractivity contribution < 1.29 is 9.53 Å². The van der Waals surface area contributed by atoms with E-state index in [2.05, 4.69) is 6.08 Å². The van der Waals surface area contributed by atoms with Crippen LogP contribution in [-0.2, 0) is 0 Å². The van der Waals surface area contributed by atoms with Crippen LogP contribution in [-0.4, -0.2) is 11.9 Å². The number of Topliss-reactive ketones (excluding diaryl/α,β-unsaturated/α-hetero) is 1. The van der Waals surface area contributed by atoms with Gasteiger partial charge < -0.3 is 4.74 Å². The van der Waals surface area contributed by atoms with Crippen molar-refractivity contribution >= 4 is 5.78 Å². The van der Waals surface area contributed by atoms with Crippen molar-refractivity contribution in [2.45, 2.75) is 44.6 Å². The molecule has 1 aliphatic carbocycles. The molecule has 1 aliphatic heterocycles. The highest BCUT2D eigenvalue weighted by Crippen LogP contribution is 2.33. The molecule has 1 heterocycles. The fourth-order valence-corrected chi connectivity index (χ4v) is 2.80. The van der Waals surface area contributed by atoms with Gasteiger partial charge in [0.2, 0.25) is 0 Å². The molecule has 18 heavy (non-hydrogen) atoms. The number of ether oxygens (including phenoxy) is 1. The van der Waals surface area contributed by atoms with Gasteiger partial charge in [-0.15, -0.1) is 0 Å². The van der Waals surface area contributed by atoms with Crippen molar-refractivity contribution in [1.29, 1.82) is 0 Å². The molecule has 0 aromatic heterocycles. The van der Waals surface area contributed by atoms with Crippen molar-refractivity contribution in [3.8, 4) is 5.75 Å². The van der Waals surface area contributed by atoms with Gasteiger partial charge in [-0.1, -0.05) is 31.1 Å². The number of ketones is 1. The summed E-state index contributed by atoms with van der Waals surface area (Å²) in [6, 6.07) is 7.59. The van der Waals surface area contributed by atoms with Crippen molar-refractivity contribution in [3.05, 3.63) is 41.5 Å². The first kappa shape index (κ1) is 11.5. The molecular weight excluding hydrogens is 224 g/mol. The Morgan fingerprint density at radius 2 is 1.89 bits per heavy atom. The third kappa shape index (κ3) is 2.07. The number of carbonyl (C=O) groups is 1. The molecule has 0 radical (unpaired) electrons. The fourth-order valence-electron chi connectivity index (χ4n) is 2.80. The van der Waals surface area contributed by atoms with Gasteiger partial charge >= 0.3 is 0 Å². The van der Waals surface area contributed by atoms with Crippen LogP contribution in [0.25, 0.3) is 0 Å². The van der Waals surface area contributed by atoms with Crippen LogP contribution in [0.4, 0.5) is 0 Å². The first-order chi connectivity index (χ1) is 8.86. The van der Waals surface area contributed by atoms with E-state index in [1.54, 1.807) is 0 Å². The second-order valence-corrected chi connectivity index (χ2v) is 5.08. The summed E-state index contributed by atoms with van der Waals surface area (Å²) in [5, 5.41) is 0. The third-order valence-corrected chi connectivity index (χ3v) is 3.79. The monoisotopic (exact) mass is 242 g/mol. The number of benzene rings is 1. The van der Waals surface area contributed by atoms with E-state index in [-0.39, 0.29) is 11.9 Å². The van der Waals surface area contributed by atoms with Gasteiger partial charge in [0.1, 0.15) is 11.9 Å². The molecule has 94 valence electrons. The number of para-hydroxylation sites is 1. The molecule has 0 fully saturated rings. The van der Waals surface area contributed by atoms with Crippen LogP contribution >= 0.6 is 0 Å². The second-order valence-electron chi connectivity index (χ2n) is 5.08. The summed E-state index contributed by atoms with van der Waals surface area (Å²) in [5.41, 5.74) is 1.61. The van der Waals surface area contributed by atoms with Gasteiger partial charge in [0, 0.05) is 5.57 Å². The van der Waals surface area contributed by atoms with Crippen LogP contribution in [0, 0.1) is 0 Å². The van der Waals surface area contributed by atoms with Gasteiger partial charge in [-0.3, -0.25) is 4.79 Å². The molecule has 3 rings (SSSR count). The van der Waals surface area contributed by atoms with E-state index in [0.29, 0.717) is 0 Å². The van der Waals surface area contributed by atoms with Crippen molar-refractivity contribution in [3.63, 3.8) is 0 Å². The average molecular weight is 242 g/mol. The van der Waals surface area contributed by atoms with Crippen molar-refractivity contribution in [2.24, 2.45) is 0 Å². The molecule has 0 spiro atoms. The lowest BCUT2D eigenvalue weighted by atomic mass is 9.92. The number of carbonyl (C=O) groups excluding carboxylic acids is 1. The predicted octanol–water partition coefficient (Wildman–Crippen LogP) is 3.91. The van der Waals surface area contributed by atoms with E-state index >= 15 is 0 Å². The second kappa shape index (κ2) is 4.97. The fraction of sp³-hybridized carbons (Fsp3) is 0.438. The summed E-state index contributed by atoms with van der Waals surface area (Å²) in [6.45, 7) is 0. The topological polar surface area (TPSA) is 26.3 Å². The summed E-state index contributed by atoms with van der Waals surface area (Å²) in [4.78, 5) is 12.5. The lowest BCUT2D eigenvalue weighted by molar-refractivity contribution is 0.0954. The number of hydrogen-bond acceptors (Lipinski definition) is 2. The van der Waals surface area contributed by atoms with E-state index in [9.17, 15) is 4.79 Å². The van der Waals surface area contributed by atoms with Gasteiger partial charge in [-0.2, -0.15) is 0 Å². The largest absolute Gasteiger partial charge is 0.485 e. The smallest absolute Gasteiger partial charge is 0.196 e. The molecule has 1 aromatic carbocycles. The van der Waals surface area contributed by atoms with Gasteiger partial charge in [0.05, 0.1) is 5.56 Å². The Hall–Kier alpha value is -1.57. The zero-order valence-corrected chi connectivity index (χ0v) is 10.5. The Kier molecular flexibility index (Phi) is 3.18. The maximum absolute atomic E-state index is 12.5. The Labute approximate surface area is 108 Å². The van der Waals surface area contributed by atoms with Crippen molar-refractivity contribution in [1.82, 2.24) is 0 Å². The van der Waals surface area contributed by atoms with E-state index in [1.165, 1.54) is 19.3 Å². The minimum absolute atomic E-state index is 0.0227. The molecule has 0 amide bonds. The summed E-state index contributed by atoms with van der Waals surface area (Å²) in [5.74, 6) is 0.924. The molecule has 0 saturated heterocycles. The van der Waals surface area contributed by atoms with Crippen LogP contribution in [0.3, 0.4) is 0 Å². The molecular formula is C16H18O2. The molecule has 0 bridgehead atoms. The van der Waals surface area contributed by atoms with Gasteiger partial charge in [-0.05, 0) is 37.8 Å². The summed E-state index contributed by atoms with van der Waals surface area (Å²) in [7, 11) is 0. The Morgan fingerprint density at radius 3 is 2.83 bits per heavy atom. The van der Waals surface area contributed by atoms with Crippen molar-refractivity contribution in [2.75, 3.05) is 0 Å². The first-order valence-electron chi connectivity index (χ1n) is 6.87. The maximum atomic E-state index is 12.5. The summed E-state index contributed by atoms with van der Waals surface area (Å²) >= 11 is 0. The maximum Gasteiger partial charge on any atom is 0.196 e. The van der Waals surface area contributed by atoms with E-state index in [1.807, 2.05) is 24.3 Å². The van der Waals surface area contributed by atoms with Crippen LogP contribution in [0.5, 0.6) is 5.75 Å². The molecule has 1 atom stereocenters. The number of fused-ring (bicyclic) bond motifs is 2. The molecule has 1 aromatic rings. The van der Waals surface area contributed by atoms with Crippen LogP contribution in [0.2, 0.25) is 0 Å². The van der Waals surface area contributed by atoms with Gasteiger partial charge in [0.15, 0.2) is 5.78 Å².